The Morgan fingerprint density at radius 3 is 2.06 bits per heavy atom. The van der Waals surface area contributed by atoms with E-state index in [1.165, 1.54) is 11.6 Å². The molecule has 0 bridgehead atoms. The lowest BCUT2D eigenvalue weighted by atomic mass is 9.95. The van der Waals surface area contributed by atoms with Gasteiger partial charge in [-0.05, 0) is 75.9 Å². The van der Waals surface area contributed by atoms with E-state index in [4.69, 9.17) is 0 Å². The van der Waals surface area contributed by atoms with Gasteiger partial charge in [-0.1, -0.05) is 35.4 Å². The molecule has 1 aliphatic heterocycles. The Bertz CT molecular complexity index is 1270. The number of nitrogens with zero attached hydrogens (tertiary/aromatic N) is 3. The quantitative estimate of drug-likeness (QED) is 0.584. The number of sulfone groups is 1. The van der Waals surface area contributed by atoms with Crippen LogP contribution in [0.5, 0.6) is 0 Å². The highest BCUT2D eigenvalue weighted by atomic mass is 32.2. The van der Waals surface area contributed by atoms with Crippen LogP contribution in [-0.2, 0) is 14.6 Å². The summed E-state index contributed by atoms with van der Waals surface area (Å²) in [5.74, 6) is 0.581. The zero-order valence-electron chi connectivity index (χ0n) is 20.0. The Hall–Kier alpha value is -3.26. The van der Waals surface area contributed by atoms with Gasteiger partial charge in [0.25, 0.3) is 0 Å². The fourth-order valence-electron chi connectivity index (χ4n) is 4.44. The lowest BCUT2D eigenvalue weighted by Crippen LogP contribution is -2.38. The number of amides is 1. The number of nitrogens with one attached hydrogen (secondary N) is 1. The molecule has 0 atom stereocenters. The smallest absolute Gasteiger partial charge is 0.227 e. The molecule has 1 aromatic heterocycles. The molecule has 34 heavy (non-hydrogen) atoms. The highest BCUT2D eigenvalue weighted by molar-refractivity contribution is 7.91. The van der Waals surface area contributed by atoms with Gasteiger partial charge in [-0.25, -0.2) is 8.42 Å². The second kappa shape index (κ2) is 9.54. The van der Waals surface area contributed by atoms with Crippen molar-refractivity contribution < 1.29 is 13.2 Å². The van der Waals surface area contributed by atoms with Gasteiger partial charge >= 0.3 is 0 Å². The van der Waals surface area contributed by atoms with Crippen molar-refractivity contribution in [3.8, 4) is 0 Å². The van der Waals surface area contributed by atoms with Crippen molar-refractivity contribution in [3.63, 3.8) is 0 Å². The van der Waals surface area contributed by atoms with Crippen molar-refractivity contribution in [2.75, 3.05) is 23.3 Å². The molecule has 1 aliphatic rings. The van der Waals surface area contributed by atoms with Gasteiger partial charge < -0.3 is 10.2 Å². The molecule has 0 spiro atoms. The minimum absolute atomic E-state index is 0.0420. The largest absolute Gasteiger partial charge is 0.355 e. The van der Waals surface area contributed by atoms with Crippen LogP contribution < -0.4 is 10.2 Å². The average molecular weight is 479 g/mol. The Morgan fingerprint density at radius 1 is 0.882 bits per heavy atom. The number of aromatic nitrogens is 2. The summed E-state index contributed by atoms with van der Waals surface area (Å²) in [6.07, 6.45) is 1.39. The van der Waals surface area contributed by atoms with Crippen LogP contribution in [0.15, 0.2) is 58.5 Å². The molecule has 2 aromatic carbocycles. The standard InChI is InChI=1S/C26H30N4O3S/c1-17-5-7-22(8-6-17)34(32,33)24-10-9-23(28-29-24)30-13-11-21(12-14-30)26(31)27-25-19(3)15-18(2)16-20(25)4/h5-10,15-16,21H,11-14H2,1-4H3,(H,27,31). The van der Waals surface area contributed by atoms with Crippen LogP contribution in [0.1, 0.15) is 35.1 Å². The normalized spacial score (nSPS) is 14.8. The third-order valence-electron chi connectivity index (χ3n) is 6.35. The first-order chi connectivity index (χ1) is 16.1. The molecule has 2 heterocycles. The summed E-state index contributed by atoms with van der Waals surface area (Å²) in [6, 6.07) is 14.0. The van der Waals surface area contributed by atoms with Crippen LogP contribution >= 0.6 is 0 Å². The van der Waals surface area contributed by atoms with Crippen LogP contribution in [-0.4, -0.2) is 37.6 Å². The van der Waals surface area contributed by atoms with E-state index in [2.05, 4.69) is 34.6 Å². The summed E-state index contributed by atoms with van der Waals surface area (Å²) in [4.78, 5) is 15.1. The molecular formula is C26H30N4O3S. The molecule has 1 fully saturated rings. The second-order valence-electron chi connectivity index (χ2n) is 9.07. The van der Waals surface area contributed by atoms with Crippen LogP contribution in [0.2, 0.25) is 0 Å². The number of hydrogen-bond acceptors (Lipinski definition) is 6. The number of anilines is 2. The van der Waals surface area contributed by atoms with Gasteiger partial charge in [0.2, 0.25) is 15.7 Å². The predicted molar refractivity (Wildman–Crippen MR) is 133 cm³/mol. The summed E-state index contributed by atoms with van der Waals surface area (Å²) in [5.41, 5.74) is 5.20. The number of piperidine rings is 1. The maximum atomic E-state index is 12.9. The fourth-order valence-corrected chi connectivity index (χ4v) is 5.57. The number of benzene rings is 2. The predicted octanol–water partition coefficient (Wildman–Crippen LogP) is 4.40. The monoisotopic (exact) mass is 478 g/mol. The molecule has 3 aromatic rings. The molecule has 1 amide bonds. The van der Waals surface area contributed by atoms with E-state index in [0.717, 1.165) is 22.4 Å². The minimum Gasteiger partial charge on any atom is -0.355 e. The van der Waals surface area contributed by atoms with E-state index in [9.17, 15) is 13.2 Å². The van der Waals surface area contributed by atoms with Crippen molar-refractivity contribution in [2.24, 2.45) is 5.92 Å². The lowest BCUT2D eigenvalue weighted by molar-refractivity contribution is -0.120. The topological polar surface area (TPSA) is 92.3 Å². The number of rotatable bonds is 5. The molecule has 0 unspecified atom stereocenters. The van der Waals surface area contributed by atoms with E-state index >= 15 is 0 Å². The summed E-state index contributed by atoms with van der Waals surface area (Å²) in [6.45, 7) is 9.29. The lowest BCUT2D eigenvalue weighted by Gasteiger charge is -2.32. The Labute approximate surface area is 201 Å². The van der Waals surface area contributed by atoms with Gasteiger partial charge in [0, 0.05) is 24.7 Å². The first kappa shape index (κ1) is 23.9. The number of carbonyl (C=O) groups is 1. The van der Waals surface area contributed by atoms with Gasteiger partial charge in [0.15, 0.2) is 10.8 Å². The molecule has 4 rings (SSSR count). The van der Waals surface area contributed by atoms with Crippen LogP contribution in [0.4, 0.5) is 11.5 Å². The Balaban J connectivity index is 1.39. The molecule has 1 saturated heterocycles. The molecule has 8 heteroatoms. The van der Waals surface area contributed by atoms with E-state index in [0.29, 0.717) is 31.7 Å². The summed E-state index contributed by atoms with van der Waals surface area (Å²) in [7, 11) is -3.71. The molecule has 1 N–H and O–H groups in total. The van der Waals surface area contributed by atoms with Gasteiger partial charge in [-0.3, -0.25) is 4.79 Å². The molecule has 0 saturated carbocycles. The molecule has 7 nitrogen and oxygen atoms in total. The fraction of sp³-hybridized carbons (Fsp3) is 0.346. The van der Waals surface area contributed by atoms with Crippen LogP contribution in [0, 0.1) is 33.6 Å². The minimum atomic E-state index is -3.71. The van der Waals surface area contributed by atoms with E-state index in [1.54, 1.807) is 30.3 Å². The van der Waals surface area contributed by atoms with E-state index in [-0.39, 0.29) is 21.7 Å². The second-order valence-corrected chi connectivity index (χ2v) is 11.0. The average Bonchev–Trinajstić information content (AvgIpc) is 2.82. The number of aryl methyl sites for hydroxylation is 4. The van der Waals surface area contributed by atoms with Crippen molar-refractivity contribution in [1.29, 1.82) is 0 Å². The van der Waals surface area contributed by atoms with Crippen molar-refractivity contribution in [2.45, 2.75) is 50.5 Å². The maximum absolute atomic E-state index is 12.9. The number of carbonyl (C=O) groups excluding carboxylic acids is 1. The van der Waals surface area contributed by atoms with E-state index in [1.807, 2.05) is 25.7 Å². The number of hydrogen-bond donors (Lipinski definition) is 1. The summed E-state index contributed by atoms with van der Waals surface area (Å²) >= 11 is 0. The van der Waals surface area contributed by atoms with Gasteiger partial charge in [0.1, 0.15) is 0 Å². The Morgan fingerprint density at radius 2 is 1.50 bits per heavy atom. The van der Waals surface area contributed by atoms with Gasteiger partial charge in [0.05, 0.1) is 4.90 Å². The van der Waals surface area contributed by atoms with Gasteiger partial charge in [-0.2, -0.15) is 0 Å². The van der Waals surface area contributed by atoms with E-state index < -0.39 is 9.84 Å². The SMILES string of the molecule is Cc1ccc(S(=O)(=O)c2ccc(N3CCC(C(=O)Nc4c(C)cc(C)cc4C)CC3)nn2)cc1. The maximum Gasteiger partial charge on any atom is 0.227 e. The van der Waals surface area contributed by atoms with Crippen LogP contribution in [0.25, 0.3) is 0 Å². The first-order valence-electron chi connectivity index (χ1n) is 11.4. The third kappa shape index (κ3) is 4.97. The third-order valence-corrected chi connectivity index (χ3v) is 8.01. The van der Waals surface area contributed by atoms with Crippen molar-refractivity contribution >= 4 is 27.2 Å². The summed E-state index contributed by atoms with van der Waals surface area (Å²) < 4.78 is 25.6. The molecule has 0 aliphatic carbocycles. The zero-order chi connectivity index (χ0) is 24.5. The highest BCUT2D eigenvalue weighted by Crippen LogP contribution is 2.27. The highest BCUT2D eigenvalue weighted by Gasteiger charge is 2.27. The van der Waals surface area contributed by atoms with Crippen molar-refractivity contribution in [1.82, 2.24) is 10.2 Å². The molecular weight excluding hydrogens is 448 g/mol. The zero-order valence-corrected chi connectivity index (χ0v) is 20.8. The molecule has 0 radical (unpaired) electrons. The van der Waals surface area contributed by atoms with Gasteiger partial charge in [-0.15, -0.1) is 10.2 Å². The first-order valence-corrected chi connectivity index (χ1v) is 12.9. The van der Waals surface area contributed by atoms with Crippen LogP contribution in [0.3, 0.4) is 0 Å². The molecule has 178 valence electrons. The van der Waals surface area contributed by atoms with Crippen molar-refractivity contribution in [3.05, 3.63) is 70.8 Å². The Kier molecular flexibility index (Phi) is 6.70. The summed E-state index contributed by atoms with van der Waals surface area (Å²) in [5, 5.41) is 11.2.